The zero-order chi connectivity index (χ0) is 17.7. The van der Waals surface area contributed by atoms with E-state index >= 15 is 0 Å². The summed E-state index contributed by atoms with van der Waals surface area (Å²) in [4.78, 5) is 10.3. The van der Waals surface area contributed by atoms with Crippen molar-refractivity contribution in [1.29, 1.82) is 0 Å². The molecular formula is C22H34O2. The van der Waals surface area contributed by atoms with Crippen molar-refractivity contribution in [3.63, 3.8) is 0 Å². The molecule has 0 atom stereocenters. The van der Waals surface area contributed by atoms with Crippen molar-refractivity contribution < 1.29 is 9.90 Å². The molecule has 0 amide bonds. The van der Waals surface area contributed by atoms with Gasteiger partial charge in [0.2, 0.25) is 0 Å². The molecule has 0 aliphatic rings. The van der Waals surface area contributed by atoms with Crippen molar-refractivity contribution >= 4 is 5.97 Å². The summed E-state index contributed by atoms with van der Waals surface area (Å²) in [6.45, 7) is 2.15. The van der Waals surface area contributed by atoms with Gasteiger partial charge in [0, 0.05) is 6.42 Å². The Hall–Kier alpha value is -1.83. The Balaban J connectivity index is 3.42. The first kappa shape index (κ1) is 22.2. The highest BCUT2D eigenvalue weighted by Gasteiger charge is 1.94. The van der Waals surface area contributed by atoms with Crippen molar-refractivity contribution in [1.82, 2.24) is 0 Å². The van der Waals surface area contributed by atoms with Crippen LogP contribution < -0.4 is 0 Å². The van der Waals surface area contributed by atoms with Gasteiger partial charge in [-0.3, -0.25) is 4.79 Å². The van der Waals surface area contributed by atoms with Crippen LogP contribution in [0, 0.1) is 0 Å². The molecule has 0 fully saturated rings. The Morgan fingerprint density at radius 3 is 1.58 bits per heavy atom. The van der Waals surface area contributed by atoms with E-state index in [2.05, 4.69) is 67.7 Å². The molecule has 24 heavy (non-hydrogen) atoms. The minimum absolute atomic E-state index is 0.297. The summed E-state index contributed by atoms with van der Waals surface area (Å²) in [6.07, 6.45) is 31.3. The van der Waals surface area contributed by atoms with Gasteiger partial charge in [-0.15, -0.1) is 0 Å². The lowest BCUT2D eigenvalue weighted by Gasteiger charge is -1.94. The summed E-state index contributed by atoms with van der Waals surface area (Å²) in [7, 11) is 0. The zero-order valence-electron chi connectivity index (χ0n) is 15.2. The molecule has 0 aliphatic carbocycles. The fourth-order valence-electron chi connectivity index (χ4n) is 2.08. The highest BCUT2D eigenvalue weighted by molar-refractivity contribution is 5.66. The van der Waals surface area contributed by atoms with E-state index in [0.717, 1.165) is 57.8 Å². The number of carboxylic acid groups (broad SMARTS) is 1. The fraction of sp³-hybridized carbons (Fsp3) is 0.500. The molecule has 0 rings (SSSR count). The van der Waals surface area contributed by atoms with Crippen LogP contribution in [-0.2, 0) is 4.79 Å². The molecule has 0 bridgehead atoms. The SMILES string of the molecule is CC/C=C\C/C=C\C/C=C/C/C=C/C/C=C/CCCCCC(=O)O. The van der Waals surface area contributed by atoms with E-state index in [4.69, 9.17) is 5.11 Å². The number of hydrogen-bond donors (Lipinski definition) is 1. The highest BCUT2D eigenvalue weighted by Crippen LogP contribution is 2.04. The smallest absolute Gasteiger partial charge is 0.303 e. The van der Waals surface area contributed by atoms with E-state index in [9.17, 15) is 4.79 Å². The average molecular weight is 331 g/mol. The highest BCUT2D eigenvalue weighted by atomic mass is 16.4. The summed E-state index contributed by atoms with van der Waals surface area (Å²) < 4.78 is 0. The Labute approximate surface area is 148 Å². The van der Waals surface area contributed by atoms with Crippen LogP contribution in [0.3, 0.4) is 0 Å². The van der Waals surface area contributed by atoms with Gasteiger partial charge in [-0.25, -0.2) is 0 Å². The third kappa shape index (κ3) is 20.2. The molecule has 0 heterocycles. The minimum Gasteiger partial charge on any atom is -0.481 e. The van der Waals surface area contributed by atoms with Gasteiger partial charge in [0.15, 0.2) is 0 Å². The normalized spacial score (nSPS) is 12.7. The maximum Gasteiger partial charge on any atom is 0.303 e. The van der Waals surface area contributed by atoms with Gasteiger partial charge in [0.1, 0.15) is 0 Å². The van der Waals surface area contributed by atoms with Crippen LogP contribution in [0.2, 0.25) is 0 Å². The monoisotopic (exact) mass is 330 g/mol. The lowest BCUT2D eigenvalue weighted by Crippen LogP contribution is -1.93. The van der Waals surface area contributed by atoms with E-state index in [1.54, 1.807) is 0 Å². The van der Waals surface area contributed by atoms with Crippen molar-refractivity contribution in [2.75, 3.05) is 0 Å². The average Bonchev–Trinajstić information content (AvgIpc) is 2.56. The lowest BCUT2D eigenvalue weighted by molar-refractivity contribution is -0.137. The quantitative estimate of drug-likeness (QED) is 0.265. The van der Waals surface area contributed by atoms with Gasteiger partial charge < -0.3 is 5.11 Å². The summed E-state index contributed by atoms with van der Waals surface area (Å²) in [5.74, 6) is -0.690. The van der Waals surface area contributed by atoms with E-state index in [0.29, 0.717) is 6.42 Å². The molecule has 2 nitrogen and oxygen atoms in total. The number of allylic oxidation sites excluding steroid dienone is 10. The first-order valence-corrected chi connectivity index (χ1v) is 9.24. The second-order valence-corrected chi connectivity index (χ2v) is 5.70. The Morgan fingerprint density at radius 1 is 0.667 bits per heavy atom. The van der Waals surface area contributed by atoms with Crippen LogP contribution in [0.4, 0.5) is 0 Å². The van der Waals surface area contributed by atoms with Crippen molar-refractivity contribution in [3.8, 4) is 0 Å². The van der Waals surface area contributed by atoms with Gasteiger partial charge >= 0.3 is 5.97 Å². The zero-order valence-corrected chi connectivity index (χ0v) is 15.2. The lowest BCUT2D eigenvalue weighted by atomic mass is 10.1. The number of unbranched alkanes of at least 4 members (excludes halogenated alkanes) is 3. The maximum atomic E-state index is 10.3. The predicted molar refractivity (Wildman–Crippen MR) is 105 cm³/mol. The second-order valence-electron chi connectivity index (χ2n) is 5.70. The molecule has 0 saturated heterocycles. The second kappa shape index (κ2) is 19.2. The molecule has 0 aromatic heterocycles. The van der Waals surface area contributed by atoms with Crippen LogP contribution in [0.1, 0.15) is 71.1 Å². The number of carbonyl (C=O) groups is 1. The molecular weight excluding hydrogens is 296 g/mol. The van der Waals surface area contributed by atoms with Crippen molar-refractivity contribution in [2.45, 2.75) is 71.1 Å². The first-order chi connectivity index (χ1) is 11.8. The van der Waals surface area contributed by atoms with Crippen LogP contribution >= 0.6 is 0 Å². The molecule has 0 spiro atoms. The van der Waals surface area contributed by atoms with Crippen LogP contribution in [0.15, 0.2) is 60.8 Å². The van der Waals surface area contributed by atoms with Gasteiger partial charge in [-0.2, -0.15) is 0 Å². The molecule has 0 saturated carbocycles. The Kier molecular flexibility index (Phi) is 17.8. The fourth-order valence-corrected chi connectivity index (χ4v) is 2.08. The van der Waals surface area contributed by atoms with Crippen LogP contribution in [0.5, 0.6) is 0 Å². The standard InChI is InChI=1S/C22H34O2/c1-2-3-4-5-6-7-8-9-10-11-12-13-14-15-16-17-18-19-20-21-22(23)24/h3-4,6-7,9-10,12-13,15-16H,2,5,8,11,14,17-21H2,1H3,(H,23,24)/b4-3-,7-6-,10-9+,13-12+,16-15+. The topological polar surface area (TPSA) is 37.3 Å². The molecule has 0 unspecified atom stereocenters. The molecule has 0 aliphatic heterocycles. The number of hydrogen-bond acceptors (Lipinski definition) is 1. The van der Waals surface area contributed by atoms with E-state index in [1.165, 1.54) is 0 Å². The third-order valence-corrected chi connectivity index (χ3v) is 3.42. The molecule has 0 aromatic carbocycles. The van der Waals surface area contributed by atoms with Crippen molar-refractivity contribution in [3.05, 3.63) is 60.8 Å². The molecule has 0 aromatic rings. The van der Waals surface area contributed by atoms with Crippen molar-refractivity contribution in [2.24, 2.45) is 0 Å². The number of rotatable bonds is 15. The maximum absolute atomic E-state index is 10.3. The number of carboxylic acids is 1. The molecule has 134 valence electrons. The minimum atomic E-state index is -0.690. The van der Waals surface area contributed by atoms with E-state index in [-0.39, 0.29) is 0 Å². The molecule has 0 radical (unpaired) electrons. The van der Waals surface area contributed by atoms with Gasteiger partial charge in [0.25, 0.3) is 0 Å². The molecule has 2 heteroatoms. The molecule has 1 N–H and O–H groups in total. The van der Waals surface area contributed by atoms with E-state index in [1.807, 2.05) is 0 Å². The van der Waals surface area contributed by atoms with Crippen LogP contribution in [-0.4, -0.2) is 11.1 Å². The van der Waals surface area contributed by atoms with E-state index < -0.39 is 5.97 Å². The van der Waals surface area contributed by atoms with Gasteiger partial charge in [0.05, 0.1) is 0 Å². The third-order valence-electron chi connectivity index (χ3n) is 3.42. The summed E-state index contributed by atoms with van der Waals surface area (Å²) in [6, 6.07) is 0. The summed E-state index contributed by atoms with van der Waals surface area (Å²) in [5.41, 5.74) is 0. The summed E-state index contributed by atoms with van der Waals surface area (Å²) >= 11 is 0. The van der Waals surface area contributed by atoms with Crippen LogP contribution in [0.25, 0.3) is 0 Å². The largest absolute Gasteiger partial charge is 0.481 e. The Morgan fingerprint density at radius 2 is 1.12 bits per heavy atom. The van der Waals surface area contributed by atoms with Gasteiger partial charge in [-0.1, -0.05) is 74.1 Å². The van der Waals surface area contributed by atoms with Gasteiger partial charge in [-0.05, 0) is 51.4 Å². The number of aliphatic carboxylic acids is 1. The predicted octanol–water partition coefficient (Wildman–Crippen LogP) is 6.77. The Bertz CT molecular complexity index is 425. The summed E-state index contributed by atoms with van der Waals surface area (Å²) in [5, 5.41) is 8.52. The first-order valence-electron chi connectivity index (χ1n) is 9.24.